The van der Waals surface area contributed by atoms with Gasteiger partial charge in [0.05, 0.1) is 0 Å². The topological polar surface area (TPSA) is 6.48 Å². The van der Waals surface area contributed by atoms with E-state index in [2.05, 4.69) is 37.5 Å². The molecule has 2 heterocycles. The summed E-state index contributed by atoms with van der Waals surface area (Å²) in [6, 6.07) is 3.41. The Balaban J connectivity index is 1.54. The van der Waals surface area contributed by atoms with Gasteiger partial charge in [-0.1, -0.05) is 13.8 Å². The van der Waals surface area contributed by atoms with Gasteiger partial charge in [-0.25, -0.2) is 0 Å². The quantitative estimate of drug-likeness (QED) is 0.771. The van der Waals surface area contributed by atoms with Crippen LogP contribution in [0.15, 0.2) is 0 Å². The van der Waals surface area contributed by atoms with Gasteiger partial charge in [-0.3, -0.25) is 9.80 Å². The van der Waals surface area contributed by atoms with Crippen molar-refractivity contribution in [2.45, 2.75) is 84.0 Å². The number of likely N-dealkylation sites (tertiary alicyclic amines) is 2. The summed E-state index contributed by atoms with van der Waals surface area (Å²) >= 11 is 0. The maximum absolute atomic E-state index is 2.89. The van der Waals surface area contributed by atoms with Crippen LogP contribution in [0.2, 0.25) is 0 Å². The van der Waals surface area contributed by atoms with Crippen molar-refractivity contribution in [2.24, 2.45) is 11.8 Å². The van der Waals surface area contributed by atoms with Crippen molar-refractivity contribution >= 4 is 0 Å². The molecule has 2 saturated heterocycles. The van der Waals surface area contributed by atoms with E-state index in [1.165, 1.54) is 45.2 Å². The van der Waals surface area contributed by atoms with Crippen LogP contribution in [0.1, 0.15) is 59.8 Å². The Hall–Kier alpha value is -0.0800. The fourth-order valence-corrected chi connectivity index (χ4v) is 4.91. The van der Waals surface area contributed by atoms with E-state index < -0.39 is 0 Å². The van der Waals surface area contributed by atoms with Crippen molar-refractivity contribution in [3.8, 4) is 0 Å². The fraction of sp³-hybridized carbons (Fsp3) is 1.00. The third-order valence-electron chi connectivity index (χ3n) is 6.14. The molecular weight excluding hydrogens is 232 g/mol. The first-order valence-electron chi connectivity index (χ1n) is 8.57. The highest BCUT2D eigenvalue weighted by atomic mass is 15.4. The highest BCUT2D eigenvalue weighted by Crippen LogP contribution is 2.39. The Labute approximate surface area is 119 Å². The molecule has 0 amide bonds. The molecule has 2 bridgehead atoms. The second-order valence-electron chi connectivity index (χ2n) is 7.84. The molecule has 0 spiro atoms. The molecule has 19 heavy (non-hydrogen) atoms. The van der Waals surface area contributed by atoms with Crippen molar-refractivity contribution in [3.05, 3.63) is 0 Å². The number of piperazine rings is 1. The molecule has 2 unspecified atom stereocenters. The number of hydrogen-bond donors (Lipinski definition) is 0. The summed E-state index contributed by atoms with van der Waals surface area (Å²) in [6.07, 6.45) is 7.33. The summed E-state index contributed by atoms with van der Waals surface area (Å²) in [5, 5.41) is 0. The molecule has 1 saturated carbocycles. The van der Waals surface area contributed by atoms with Crippen molar-refractivity contribution < 1.29 is 0 Å². The molecule has 2 nitrogen and oxygen atoms in total. The second-order valence-corrected chi connectivity index (χ2v) is 7.84. The summed E-state index contributed by atoms with van der Waals surface area (Å²) in [4.78, 5) is 5.63. The zero-order valence-electron chi connectivity index (χ0n) is 13.3. The molecule has 0 aromatic heterocycles. The minimum Gasteiger partial charge on any atom is -0.295 e. The van der Waals surface area contributed by atoms with Crippen LogP contribution in [-0.2, 0) is 0 Å². The van der Waals surface area contributed by atoms with Crippen LogP contribution in [-0.4, -0.2) is 47.1 Å². The van der Waals surface area contributed by atoms with E-state index >= 15 is 0 Å². The number of nitrogens with zero attached hydrogens (tertiary/aromatic N) is 2. The summed E-state index contributed by atoms with van der Waals surface area (Å²) in [5.74, 6) is 1.90. The van der Waals surface area contributed by atoms with E-state index in [1.54, 1.807) is 0 Å². The molecular formula is C17H32N2. The van der Waals surface area contributed by atoms with Crippen LogP contribution in [0.25, 0.3) is 0 Å². The normalized spacial score (nSPS) is 40.7. The van der Waals surface area contributed by atoms with Crippen LogP contribution in [0.3, 0.4) is 0 Å². The van der Waals surface area contributed by atoms with E-state index in [1.807, 2.05) is 0 Å². The molecule has 0 aromatic rings. The zero-order chi connectivity index (χ0) is 13.6. The smallest absolute Gasteiger partial charge is 0.0242 e. The predicted molar refractivity (Wildman–Crippen MR) is 81.3 cm³/mol. The number of rotatable bonds is 3. The molecule has 2 aliphatic heterocycles. The van der Waals surface area contributed by atoms with Gasteiger partial charge in [0.25, 0.3) is 0 Å². The molecule has 2 heteroatoms. The fourth-order valence-electron chi connectivity index (χ4n) is 4.91. The van der Waals surface area contributed by atoms with Gasteiger partial charge in [0.1, 0.15) is 0 Å². The lowest BCUT2D eigenvalue weighted by atomic mass is 9.79. The molecule has 2 atom stereocenters. The monoisotopic (exact) mass is 264 g/mol. The minimum absolute atomic E-state index is 0.744. The van der Waals surface area contributed by atoms with E-state index in [0.29, 0.717) is 0 Å². The SMILES string of the molecule is CC(C)C1CCC(N2CC3CC2CN3C(C)C)CC1. The van der Waals surface area contributed by atoms with Crippen LogP contribution >= 0.6 is 0 Å². The van der Waals surface area contributed by atoms with Gasteiger partial charge >= 0.3 is 0 Å². The molecule has 3 aliphatic rings. The Kier molecular flexibility index (Phi) is 3.92. The van der Waals surface area contributed by atoms with Crippen LogP contribution in [0.4, 0.5) is 0 Å². The van der Waals surface area contributed by atoms with Gasteiger partial charge in [0, 0.05) is 37.3 Å². The van der Waals surface area contributed by atoms with E-state index in [9.17, 15) is 0 Å². The maximum atomic E-state index is 2.89. The Morgan fingerprint density at radius 2 is 1.47 bits per heavy atom. The lowest BCUT2D eigenvalue weighted by Crippen LogP contribution is -2.52. The zero-order valence-corrected chi connectivity index (χ0v) is 13.3. The molecule has 0 radical (unpaired) electrons. The average molecular weight is 264 g/mol. The first-order chi connectivity index (χ1) is 9.06. The van der Waals surface area contributed by atoms with E-state index in [0.717, 1.165) is 36.0 Å². The summed E-state index contributed by atoms with van der Waals surface area (Å²) in [7, 11) is 0. The number of fused-ring (bicyclic) bond motifs is 2. The van der Waals surface area contributed by atoms with Crippen LogP contribution < -0.4 is 0 Å². The first kappa shape index (κ1) is 13.9. The molecule has 3 fully saturated rings. The Bertz CT molecular complexity index is 304. The summed E-state index contributed by atoms with van der Waals surface area (Å²) in [6.45, 7) is 12.2. The third-order valence-corrected chi connectivity index (χ3v) is 6.14. The second kappa shape index (κ2) is 5.37. The summed E-state index contributed by atoms with van der Waals surface area (Å²) < 4.78 is 0. The van der Waals surface area contributed by atoms with Gasteiger partial charge in [-0.2, -0.15) is 0 Å². The van der Waals surface area contributed by atoms with Gasteiger partial charge in [0.2, 0.25) is 0 Å². The van der Waals surface area contributed by atoms with Crippen molar-refractivity contribution in [1.82, 2.24) is 9.80 Å². The molecule has 0 N–H and O–H groups in total. The lowest BCUT2D eigenvalue weighted by molar-refractivity contribution is 0.0500. The van der Waals surface area contributed by atoms with Crippen molar-refractivity contribution in [1.29, 1.82) is 0 Å². The lowest BCUT2D eigenvalue weighted by Gasteiger charge is -2.43. The Morgan fingerprint density at radius 1 is 0.789 bits per heavy atom. The largest absolute Gasteiger partial charge is 0.295 e. The molecule has 3 rings (SSSR count). The molecule has 1 aliphatic carbocycles. The number of hydrogen-bond acceptors (Lipinski definition) is 2. The van der Waals surface area contributed by atoms with Gasteiger partial charge < -0.3 is 0 Å². The summed E-state index contributed by atoms with van der Waals surface area (Å²) in [5.41, 5.74) is 0. The molecule has 0 aromatic carbocycles. The van der Waals surface area contributed by atoms with Gasteiger partial charge in [-0.15, -0.1) is 0 Å². The standard InChI is InChI=1S/C17H32N2/c1-12(2)14-5-7-15(8-6-14)19-11-16-9-17(19)10-18(16)13(3)4/h12-17H,5-11H2,1-4H3. The van der Waals surface area contributed by atoms with Crippen molar-refractivity contribution in [2.75, 3.05) is 13.1 Å². The molecule has 110 valence electrons. The van der Waals surface area contributed by atoms with Crippen LogP contribution in [0.5, 0.6) is 0 Å². The Morgan fingerprint density at radius 3 is 1.95 bits per heavy atom. The maximum Gasteiger partial charge on any atom is 0.0242 e. The van der Waals surface area contributed by atoms with Crippen LogP contribution in [0, 0.1) is 11.8 Å². The first-order valence-corrected chi connectivity index (χ1v) is 8.57. The van der Waals surface area contributed by atoms with Gasteiger partial charge in [0.15, 0.2) is 0 Å². The van der Waals surface area contributed by atoms with E-state index in [4.69, 9.17) is 0 Å². The van der Waals surface area contributed by atoms with Crippen molar-refractivity contribution in [3.63, 3.8) is 0 Å². The van der Waals surface area contributed by atoms with Gasteiger partial charge in [-0.05, 0) is 57.8 Å². The third kappa shape index (κ3) is 2.58. The highest BCUT2D eigenvalue weighted by molar-refractivity contribution is 5.03. The van der Waals surface area contributed by atoms with E-state index in [-0.39, 0.29) is 0 Å². The minimum atomic E-state index is 0.744. The highest BCUT2D eigenvalue weighted by Gasteiger charge is 2.46. The predicted octanol–water partition coefficient (Wildman–Crippen LogP) is 3.37. The average Bonchev–Trinajstić information content (AvgIpc) is 2.98.